The van der Waals surface area contributed by atoms with Gasteiger partial charge in [-0.05, 0) is 18.2 Å². The smallest absolute Gasteiger partial charge is 0.390 e. The molecule has 0 aliphatic carbocycles. The number of hydrogen-bond acceptors (Lipinski definition) is 53. The summed E-state index contributed by atoms with van der Waals surface area (Å²) in [5.41, 5.74) is 36.1. The molecule has 0 bridgehead atoms. The van der Waals surface area contributed by atoms with Gasteiger partial charge in [0, 0.05) is 63.5 Å². The SMILES string of the molecule is Nc1ccn([C@H]2C[C@H](OP(=O)(O)OC[C@H]3O[C@@H](n4cnc5c(=O)[nH]c(N)nc54)C[C@@H]3OP(=O)(O)OC[C@H]3O[C@@H](n4ccc5c(N)ncnc54)C[C@@H]3OP(=O)(O)OC[C@H]3O[C@@H](n4cnc5c(N)ncnc54)C[C@@H]3OP(=O)(O)OC[C@H]3O[C@@H](n4cnc5c(=O)[nH]c(N)nc54)C[C@@H]3OP(=O)(O)OC[C@H]3O[C@@H](n4ccc(N)nc4=O)C[C@@H]3OP(=O)(O)OC[C@H]3O[C@@H](n4cnc5c(=O)[nH]c(N)nc54)C[C@@H]3O)[C@@H](COP(=O)(O)O)O2)c(=O)n1. The number of phosphoric acid groups is 7. The molecule has 0 aromatic carbocycles. The number of nitrogens with zero attached hydrogens (tertiary/aromatic N) is 20. The number of nitrogens with one attached hydrogen (secondary N) is 3. The number of aromatic nitrogens is 23. The zero-order chi connectivity index (χ0) is 104. The molecule has 7 aliphatic heterocycles. The Bertz CT molecular complexity index is 7620. The molecule has 794 valence electrons. The molecule has 27 atom stereocenters. The summed E-state index contributed by atoms with van der Waals surface area (Å²) in [5, 5.41) is 11.3. The summed E-state index contributed by atoms with van der Waals surface area (Å²) >= 11 is 0. The molecule has 19 heterocycles. The highest BCUT2D eigenvalue weighted by molar-refractivity contribution is 7.49. The number of anilines is 7. The van der Waals surface area contributed by atoms with Crippen LogP contribution in [0.2, 0.25) is 0 Å². The van der Waals surface area contributed by atoms with Crippen LogP contribution >= 0.6 is 54.8 Å². The highest BCUT2D eigenvalue weighted by Crippen LogP contribution is 2.59. The summed E-state index contributed by atoms with van der Waals surface area (Å²) < 4.78 is 221. The van der Waals surface area contributed by atoms with Crippen molar-refractivity contribution in [3.05, 3.63) is 127 Å². The number of aliphatic hydroxyl groups excluding tert-OH is 1. The van der Waals surface area contributed by atoms with Crippen molar-refractivity contribution >= 4 is 152 Å². The van der Waals surface area contributed by atoms with Crippen LogP contribution in [-0.2, 0) is 124 Å². The monoisotopic (exact) mass is 2210 g/mol. The van der Waals surface area contributed by atoms with E-state index in [2.05, 4.69) is 84.3 Å². The quantitative estimate of drug-likeness (QED) is 0.0181. The lowest BCUT2D eigenvalue weighted by Gasteiger charge is -2.26. The molecular weight excluding hydrogens is 2120 g/mol. The standard InChI is InChI=1S/C69H87N30O41P7/c70-42-2-5-94(68(104)85-42)46-9-30(36(130-46)15-121-141(106,107)108)136-144(113,114)126-19-40-33(12-49(133-40)98-25-83-53-60(98)88-66(75)91-63(53)102)139-145(115,116)123-16-37-29(8-45(129-37)93-4-1-27-55(72)77-21-79-57(27)93)135-143(111,112)125-18-39-32(11-48(132-39)96-23-81-51-56(73)78-22-80-58(51)96)138-147(119,120)127-20-41-34(13-50(134-41)99-26-84-54-61(99)89-67(76)92-64(54)103)140-146(117,118)124-17-38-31(10-47(131-38)95-6-3-43(71)86-69(95)105)137-142(109,110)122-14-35-28(100)7-44(128-35)97-24-82-52-59(97)87-65(74)90-62(52)101/h1-6,21-26,28-41,44-50,100H,7-20H2,(H,109,110)(H,111,112)(H,113,114)(H,115,116)(H,117,118)(H,119,120)(H2,70,85,104)(H2,71,86,105)(H2,72,77,79)(H2,73,78,80)(H2,106,107,108)(H3,74,87,90,101)(H3,75,88,91,102)(H3,76,89,92,103)/t28-,29-,30-,31-,32-,33-,34-,35+,36+,37+,38+,39+,40+,41+,44+,45+,46+,47+,48+,49+,50+/m0/s1. The van der Waals surface area contributed by atoms with Crippen molar-refractivity contribution in [1.82, 2.24) is 112 Å². The fourth-order valence-electron chi connectivity index (χ4n) is 17.3. The Balaban J connectivity index is 0.542. The minimum atomic E-state index is -5.70. The molecule has 19 rings (SSSR count). The van der Waals surface area contributed by atoms with Crippen molar-refractivity contribution in [2.75, 3.05) is 86.4 Å². The number of aromatic amines is 3. The fourth-order valence-corrected chi connectivity index (χ4v) is 23.4. The van der Waals surface area contributed by atoms with Crippen LogP contribution in [0.4, 0.5) is 41.1 Å². The van der Waals surface area contributed by atoms with Gasteiger partial charge in [0.05, 0.1) is 83.0 Å². The van der Waals surface area contributed by atoms with Gasteiger partial charge in [-0.3, -0.25) is 116 Å². The molecule has 26 N–H and O–H groups in total. The Labute approximate surface area is 815 Å². The summed E-state index contributed by atoms with van der Waals surface area (Å²) in [5.74, 6) is -1.61. The van der Waals surface area contributed by atoms with Gasteiger partial charge in [0.1, 0.15) is 164 Å². The average Bonchev–Trinajstić information content (AvgIpc) is 1.62. The van der Waals surface area contributed by atoms with Gasteiger partial charge < -0.3 is 122 Å². The number of nitrogens with two attached hydrogens (primary N) is 7. The highest BCUT2D eigenvalue weighted by Gasteiger charge is 2.54. The first kappa shape index (κ1) is 105. The molecule has 12 aromatic heterocycles. The third-order valence-electron chi connectivity index (χ3n) is 23.9. The van der Waals surface area contributed by atoms with Gasteiger partial charge in [-0.15, -0.1) is 0 Å². The Morgan fingerprint density at radius 1 is 0.313 bits per heavy atom. The van der Waals surface area contributed by atoms with E-state index in [1.807, 2.05) is 0 Å². The Kier molecular flexibility index (Phi) is 29.2. The number of phosphoric ester groups is 7. The minimum Gasteiger partial charge on any atom is -0.390 e. The van der Waals surface area contributed by atoms with Crippen LogP contribution in [0.1, 0.15) is 88.5 Å². The Morgan fingerprint density at radius 2 is 0.585 bits per heavy atom. The van der Waals surface area contributed by atoms with Gasteiger partial charge in [0.2, 0.25) is 17.8 Å². The van der Waals surface area contributed by atoms with Crippen LogP contribution < -0.4 is 68.2 Å². The van der Waals surface area contributed by atoms with Gasteiger partial charge >= 0.3 is 66.1 Å². The topological polar surface area (TPSA) is 1000 Å². The first-order chi connectivity index (χ1) is 69.6. The second-order valence-electron chi connectivity index (χ2n) is 33.6. The van der Waals surface area contributed by atoms with Gasteiger partial charge in [-0.1, -0.05) is 0 Å². The normalized spacial score (nSPS) is 29.1. The first-order valence-corrected chi connectivity index (χ1v) is 53.8. The van der Waals surface area contributed by atoms with Crippen molar-refractivity contribution in [2.24, 2.45) is 0 Å². The lowest BCUT2D eigenvalue weighted by molar-refractivity contribution is -0.0645. The van der Waals surface area contributed by atoms with Crippen LogP contribution in [-0.4, -0.2) is 288 Å². The first-order valence-electron chi connectivity index (χ1n) is 43.3. The molecule has 12 aromatic rings. The Morgan fingerprint density at radius 3 is 0.918 bits per heavy atom. The molecule has 78 heteroatoms. The van der Waals surface area contributed by atoms with Crippen molar-refractivity contribution in [3.8, 4) is 0 Å². The van der Waals surface area contributed by atoms with E-state index in [-0.39, 0.29) is 91.3 Å². The molecule has 71 nitrogen and oxygen atoms in total. The van der Waals surface area contributed by atoms with Crippen LogP contribution in [0.15, 0.2) is 98.7 Å². The summed E-state index contributed by atoms with van der Waals surface area (Å²) in [4.78, 5) is 213. The summed E-state index contributed by atoms with van der Waals surface area (Å²) in [7, 11) is -38.8. The number of aliphatic hydroxyl groups is 1. The van der Waals surface area contributed by atoms with Gasteiger partial charge in [0.15, 0.2) is 45.0 Å². The van der Waals surface area contributed by atoms with Crippen LogP contribution in [0, 0.1) is 0 Å². The minimum absolute atomic E-state index is 0.00411. The van der Waals surface area contributed by atoms with Gasteiger partial charge in [0.25, 0.3) is 16.7 Å². The van der Waals surface area contributed by atoms with E-state index in [1.165, 1.54) is 50.8 Å². The van der Waals surface area contributed by atoms with Crippen molar-refractivity contribution in [3.63, 3.8) is 0 Å². The maximum atomic E-state index is 14.8. The molecule has 0 radical (unpaired) electrons. The third kappa shape index (κ3) is 23.3. The van der Waals surface area contributed by atoms with Crippen LogP contribution in [0.25, 0.3) is 55.7 Å². The van der Waals surface area contributed by atoms with E-state index in [9.17, 15) is 100 Å². The second-order valence-corrected chi connectivity index (χ2v) is 43.2. The number of ether oxygens (including phenoxy) is 7. The fraction of sp³-hybridized carbons (Fsp3) is 0.507. The number of H-pyrrole nitrogens is 3. The van der Waals surface area contributed by atoms with Crippen LogP contribution in [0.5, 0.6) is 0 Å². The second kappa shape index (κ2) is 41.1. The zero-order valence-corrected chi connectivity index (χ0v) is 80.9. The zero-order valence-electron chi connectivity index (χ0n) is 74.7. The van der Waals surface area contributed by atoms with E-state index < -0.39 is 309 Å². The van der Waals surface area contributed by atoms with E-state index in [0.717, 1.165) is 56.0 Å². The number of rotatable bonds is 40. The predicted molar refractivity (Wildman–Crippen MR) is 483 cm³/mol. The van der Waals surface area contributed by atoms with E-state index in [0.29, 0.717) is 0 Å². The van der Waals surface area contributed by atoms with Crippen molar-refractivity contribution < 1.29 is 168 Å². The van der Waals surface area contributed by atoms with Crippen LogP contribution in [0.3, 0.4) is 0 Å². The predicted octanol–water partition coefficient (Wildman–Crippen LogP) is -2.24. The molecule has 6 unspecified atom stereocenters. The van der Waals surface area contributed by atoms with E-state index in [1.54, 1.807) is 0 Å². The van der Waals surface area contributed by atoms with Gasteiger partial charge in [-0.25, -0.2) is 81.4 Å². The largest absolute Gasteiger partial charge is 0.472 e. The Hall–Kier alpha value is -11.0. The number of hydrogen-bond donors (Lipinski definition) is 19. The number of nitrogen functional groups attached to an aromatic ring is 7. The lowest BCUT2D eigenvalue weighted by Crippen LogP contribution is -2.32. The highest BCUT2D eigenvalue weighted by atomic mass is 31.2. The number of imidazole rings is 4. The molecule has 0 amide bonds. The molecule has 7 saturated heterocycles. The maximum Gasteiger partial charge on any atom is 0.472 e. The maximum absolute atomic E-state index is 14.8. The van der Waals surface area contributed by atoms with Gasteiger partial charge in [-0.2, -0.15) is 24.9 Å². The molecule has 0 spiro atoms. The molecular formula is C69H87N30O41P7. The average molecular weight is 2210 g/mol. The molecule has 0 saturated carbocycles. The van der Waals surface area contributed by atoms with E-state index >= 15 is 0 Å². The molecule has 7 fully saturated rings. The molecule has 147 heavy (non-hydrogen) atoms. The summed E-state index contributed by atoms with van der Waals surface area (Å²) in [6.45, 7) is -7.41. The van der Waals surface area contributed by atoms with Crippen molar-refractivity contribution in [1.29, 1.82) is 0 Å². The number of fused-ring (bicyclic) bond motifs is 5. The summed E-state index contributed by atoms with van der Waals surface area (Å²) in [6.07, 6.45) is -26.0. The lowest BCUT2D eigenvalue weighted by atomic mass is 10.2. The van der Waals surface area contributed by atoms with E-state index in [4.69, 9.17) is 128 Å². The molecule has 7 aliphatic rings. The van der Waals surface area contributed by atoms with Crippen molar-refractivity contribution in [2.45, 2.75) is 174 Å². The summed E-state index contributed by atoms with van der Waals surface area (Å²) in [6, 6.07) is 3.90. The third-order valence-corrected chi connectivity index (χ3v) is 30.4.